The summed E-state index contributed by atoms with van der Waals surface area (Å²) in [6, 6.07) is 16.5. The molecule has 0 fully saturated rings. The number of nitrogens with one attached hydrogen (secondary N) is 1. The summed E-state index contributed by atoms with van der Waals surface area (Å²) >= 11 is 3.35. The van der Waals surface area contributed by atoms with Gasteiger partial charge in [-0.15, -0.1) is 0 Å². The van der Waals surface area contributed by atoms with E-state index in [1.807, 2.05) is 55.7 Å². The van der Waals surface area contributed by atoms with E-state index in [2.05, 4.69) is 21.2 Å². The second-order valence-corrected chi connectivity index (χ2v) is 8.15. The number of halogens is 1. The molecule has 0 spiro atoms. The van der Waals surface area contributed by atoms with Gasteiger partial charge in [0.25, 0.3) is 5.91 Å². The predicted octanol–water partition coefficient (Wildman–Crippen LogP) is 5.50. The quantitative estimate of drug-likeness (QED) is 0.290. The van der Waals surface area contributed by atoms with E-state index in [-0.39, 0.29) is 5.57 Å². The largest absolute Gasteiger partial charge is 0.465 e. The number of methoxy groups -OCH3 is 1. The third-order valence-corrected chi connectivity index (χ3v) is 5.72. The third-order valence-electron chi connectivity index (χ3n) is 5.19. The Labute approximate surface area is 195 Å². The Kier molecular flexibility index (Phi) is 6.96. The highest BCUT2D eigenvalue weighted by molar-refractivity contribution is 9.10. The number of benzene rings is 2. The van der Waals surface area contributed by atoms with Crippen molar-refractivity contribution in [3.63, 3.8) is 0 Å². The molecular weight excluding hydrogens is 470 g/mol. The first-order valence-corrected chi connectivity index (χ1v) is 10.6. The van der Waals surface area contributed by atoms with Crippen LogP contribution in [0.2, 0.25) is 0 Å². The van der Waals surface area contributed by atoms with Crippen LogP contribution in [0.25, 0.3) is 11.8 Å². The normalized spacial score (nSPS) is 11.1. The highest BCUT2D eigenvalue weighted by Gasteiger charge is 2.18. The van der Waals surface area contributed by atoms with Gasteiger partial charge >= 0.3 is 5.97 Å². The summed E-state index contributed by atoms with van der Waals surface area (Å²) in [7, 11) is 1.35. The number of nitrogens with zero attached hydrogens (tertiary/aromatic N) is 2. The first-order chi connectivity index (χ1) is 15.3. The maximum absolute atomic E-state index is 12.6. The van der Waals surface area contributed by atoms with E-state index in [1.54, 1.807) is 30.3 Å². The number of rotatable bonds is 5. The maximum atomic E-state index is 12.6. The lowest BCUT2D eigenvalue weighted by molar-refractivity contribution is -0.112. The van der Waals surface area contributed by atoms with E-state index in [0.29, 0.717) is 11.3 Å². The van der Waals surface area contributed by atoms with E-state index in [4.69, 9.17) is 4.74 Å². The van der Waals surface area contributed by atoms with Crippen molar-refractivity contribution in [2.45, 2.75) is 20.8 Å². The molecule has 0 aliphatic carbocycles. The van der Waals surface area contributed by atoms with Crippen LogP contribution in [0.4, 0.5) is 5.69 Å². The summed E-state index contributed by atoms with van der Waals surface area (Å²) in [6.07, 6.45) is 1.58. The number of nitriles is 1. The molecule has 1 heterocycles. The fraction of sp³-hybridized carbons (Fsp3) is 0.160. The van der Waals surface area contributed by atoms with Crippen molar-refractivity contribution in [2.24, 2.45) is 0 Å². The second-order valence-electron chi connectivity index (χ2n) is 7.23. The molecule has 1 N–H and O–H groups in total. The lowest BCUT2D eigenvalue weighted by atomic mass is 10.1. The van der Waals surface area contributed by atoms with Crippen LogP contribution in [0, 0.1) is 32.1 Å². The van der Waals surface area contributed by atoms with Crippen molar-refractivity contribution < 1.29 is 14.3 Å². The zero-order valence-corrected chi connectivity index (χ0v) is 19.8. The molecule has 7 heteroatoms. The lowest BCUT2D eigenvalue weighted by Crippen LogP contribution is -2.13. The molecule has 0 unspecified atom stereocenters. The third kappa shape index (κ3) is 4.66. The van der Waals surface area contributed by atoms with Crippen molar-refractivity contribution in [3.05, 3.63) is 86.7 Å². The van der Waals surface area contributed by atoms with Gasteiger partial charge < -0.3 is 14.6 Å². The van der Waals surface area contributed by atoms with Crippen molar-refractivity contribution in [1.29, 1.82) is 5.26 Å². The average molecular weight is 492 g/mol. The molecular formula is C25H22BrN3O3. The number of anilines is 1. The van der Waals surface area contributed by atoms with Gasteiger partial charge in [-0.25, -0.2) is 4.79 Å². The van der Waals surface area contributed by atoms with E-state index in [1.165, 1.54) is 7.11 Å². The molecule has 32 heavy (non-hydrogen) atoms. The van der Waals surface area contributed by atoms with Gasteiger partial charge in [0.2, 0.25) is 0 Å². The first kappa shape index (κ1) is 23.0. The molecule has 1 aromatic heterocycles. The van der Waals surface area contributed by atoms with Crippen molar-refractivity contribution in [2.75, 3.05) is 12.4 Å². The molecule has 162 valence electrons. The number of aryl methyl sites for hydroxylation is 1. The van der Waals surface area contributed by atoms with Gasteiger partial charge in [0.1, 0.15) is 11.6 Å². The van der Waals surface area contributed by atoms with Crippen LogP contribution in [0.1, 0.15) is 32.9 Å². The zero-order chi connectivity index (χ0) is 23.4. The molecule has 6 nitrogen and oxygen atoms in total. The Morgan fingerprint density at radius 3 is 2.44 bits per heavy atom. The molecule has 0 saturated heterocycles. The van der Waals surface area contributed by atoms with Gasteiger partial charge in [-0.2, -0.15) is 5.26 Å². The van der Waals surface area contributed by atoms with Crippen molar-refractivity contribution in [1.82, 2.24) is 4.57 Å². The molecule has 0 radical (unpaired) electrons. The summed E-state index contributed by atoms with van der Waals surface area (Å²) in [5.41, 5.74) is 5.19. The number of carbonyl (C=O) groups excluding carboxylic acids is 2. The summed E-state index contributed by atoms with van der Waals surface area (Å²) in [5, 5.41) is 12.3. The zero-order valence-electron chi connectivity index (χ0n) is 18.2. The molecule has 0 atom stereocenters. The number of hydrogen-bond donors (Lipinski definition) is 1. The van der Waals surface area contributed by atoms with Gasteiger partial charge in [0.15, 0.2) is 0 Å². The topological polar surface area (TPSA) is 84.1 Å². The smallest absolute Gasteiger partial charge is 0.338 e. The molecule has 2 aromatic carbocycles. The van der Waals surface area contributed by atoms with Crippen LogP contribution in [0.5, 0.6) is 0 Å². The summed E-state index contributed by atoms with van der Waals surface area (Å²) in [5.74, 6) is -0.883. The average Bonchev–Trinajstić information content (AvgIpc) is 3.06. The standard InChI is InChI=1S/C25H22BrN3O3/c1-15-12-18(13-19(14-27)24(30)28-21-10-8-20(26)9-11-21)17(3)29(15)23-7-5-6-22(16(23)2)25(31)32-4/h5-13H,1-4H3,(H,28,30)/b19-13-. The number of aromatic nitrogens is 1. The number of hydrogen-bond acceptors (Lipinski definition) is 4. The molecule has 0 aliphatic heterocycles. The SMILES string of the molecule is COC(=O)c1cccc(-n2c(C)cc(/C=C(/C#N)C(=O)Nc3ccc(Br)cc3)c2C)c1C. The highest BCUT2D eigenvalue weighted by atomic mass is 79.9. The second kappa shape index (κ2) is 9.67. The molecule has 3 rings (SSSR count). The van der Waals surface area contributed by atoms with Crippen LogP contribution in [0.3, 0.4) is 0 Å². The number of esters is 1. The molecule has 3 aromatic rings. The maximum Gasteiger partial charge on any atom is 0.338 e. The van der Waals surface area contributed by atoms with E-state index < -0.39 is 11.9 Å². The first-order valence-electron chi connectivity index (χ1n) is 9.82. The molecule has 0 aliphatic rings. The van der Waals surface area contributed by atoms with Crippen molar-refractivity contribution in [3.8, 4) is 11.8 Å². The number of carbonyl (C=O) groups is 2. The van der Waals surface area contributed by atoms with Crippen LogP contribution < -0.4 is 5.32 Å². The molecule has 1 amide bonds. The van der Waals surface area contributed by atoms with Crippen LogP contribution in [0.15, 0.2) is 58.6 Å². The number of ether oxygens (including phenoxy) is 1. The summed E-state index contributed by atoms with van der Waals surface area (Å²) < 4.78 is 7.77. The Morgan fingerprint density at radius 2 is 1.81 bits per heavy atom. The lowest BCUT2D eigenvalue weighted by Gasteiger charge is -2.15. The fourth-order valence-electron chi connectivity index (χ4n) is 3.54. The minimum absolute atomic E-state index is 0.00629. The van der Waals surface area contributed by atoms with Crippen LogP contribution >= 0.6 is 15.9 Å². The van der Waals surface area contributed by atoms with Gasteiger partial charge in [0, 0.05) is 27.2 Å². The summed E-state index contributed by atoms with van der Waals surface area (Å²) in [4.78, 5) is 24.7. The minimum atomic E-state index is -0.483. The van der Waals surface area contributed by atoms with Gasteiger partial charge in [-0.05, 0) is 80.4 Å². The van der Waals surface area contributed by atoms with Gasteiger partial charge in [-0.3, -0.25) is 4.79 Å². The van der Waals surface area contributed by atoms with Crippen molar-refractivity contribution >= 4 is 39.6 Å². The number of amides is 1. The van der Waals surface area contributed by atoms with E-state index in [0.717, 1.165) is 32.7 Å². The van der Waals surface area contributed by atoms with E-state index >= 15 is 0 Å². The van der Waals surface area contributed by atoms with E-state index in [9.17, 15) is 14.9 Å². The Balaban J connectivity index is 1.99. The Morgan fingerprint density at radius 1 is 1.12 bits per heavy atom. The van der Waals surface area contributed by atoms with Crippen LogP contribution in [-0.4, -0.2) is 23.6 Å². The van der Waals surface area contributed by atoms with Gasteiger partial charge in [0.05, 0.1) is 12.7 Å². The predicted molar refractivity (Wildman–Crippen MR) is 128 cm³/mol. The summed E-state index contributed by atoms with van der Waals surface area (Å²) in [6.45, 7) is 5.70. The monoisotopic (exact) mass is 491 g/mol. The van der Waals surface area contributed by atoms with Crippen LogP contribution in [-0.2, 0) is 9.53 Å². The Bertz CT molecular complexity index is 1260. The molecule has 0 bridgehead atoms. The minimum Gasteiger partial charge on any atom is -0.465 e. The highest BCUT2D eigenvalue weighted by Crippen LogP contribution is 2.27. The van der Waals surface area contributed by atoms with Gasteiger partial charge in [-0.1, -0.05) is 22.0 Å². The molecule has 0 saturated carbocycles. The fourth-order valence-corrected chi connectivity index (χ4v) is 3.80. The Hall–Kier alpha value is -3.63.